The summed E-state index contributed by atoms with van der Waals surface area (Å²) in [7, 11) is 0. The quantitative estimate of drug-likeness (QED) is 0.401. The number of rotatable bonds is 9. The minimum atomic E-state index is -0.287. The van der Waals surface area contributed by atoms with Crippen LogP contribution in [0.25, 0.3) is 11.3 Å². The summed E-state index contributed by atoms with van der Waals surface area (Å²) in [5.74, 6) is 0.430. The van der Waals surface area contributed by atoms with Gasteiger partial charge in [-0.25, -0.2) is 9.37 Å². The maximum absolute atomic E-state index is 13.0. The van der Waals surface area contributed by atoms with Gasteiger partial charge < -0.3 is 10.1 Å². The molecule has 0 saturated carbocycles. The molecule has 30 heavy (non-hydrogen) atoms. The van der Waals surface area contributed by atoms with E-state index < -0.39 is 0 Å². The van der Waals surface area contributed by atoms with Crippen LogP contribution >= 0.6 is 11.3 Å². The summed E-state index contributed by atoms with van der Waals surface area (Å²) in [6.07, 6.45) is 2.05. The molecule has 0 spiro atoms. The molecule has 0 aliphatic carbocycles. The van der Waals surface area contributed by atoms with E-state index >= 15 is 0 Å². The van der Waals surface area contributed by atoms with Gasteiger partial charge in [-0.3, -0.25) is 4.79 Å². The van der Waals surface area contributed by atoms with E-state index in [2.05, 4.69) is 43.2 Å². The second-order valence-corrected chi connectivity index (χ2v) is 8.66. The first-order valence-corrected chi connectivity index (χ1v) is 11.0. The van der Waals surface area contributed by atoms with Crippen LogP contribution in [0.1, 0.15) is 45.6 Å². The van der Waals surface area contributed by atoms with Crippen molar-refractivity contribution in [1.82, 2.24) is 4.98 Å². The fourth-order valence-electron chi connectivity index (χ4n) is 2.90. The van der Waals surface area contributed by atoms with E-state index in [1.54, 1.807) is 12.1 Å². The number of carbonyl (C=O) groups is 1. The van der Waals surface area contributed by atoms with Gasteiger partial charge in [-0.05, 0) is 60.2 Å². The van der Waals surface area contributed by atoms with Crippen molar-refractivity contribution >= 4 is 22.4 Å². The first-order valence-electron chi connectivity index (χ1n) is 10.1. The molecule has 3 aromatic rings. The van der Waals surface area contributed by atoms with E-state index in [1.807, 2.05) is 17.5 Å². The average molecular weight is 427 g/mol. The van der Waals surface area contributed by atoms with Gasteiger partial charge in [-0.1, -0.05) is 32.9 Å². The van der Waals surface area contributed by atoms with Crippen LogP contribution in [-0.2, 0) is 10.2 Å². The Morgan fingerprint density at radius 1 is 1.13 bits per heavy atom. The molecule has 0 atom stereocenters. The molecule has 0 aliphatic rings. The van der Waals surface area contributed by atoms with Gasteiger partial charge in [0.05, 0.1) is 12.3 Å². The highest BCUT2D eigenvalue weighted by Crippen LogP contribution is 2.28. The van der Waals surface area contributed by atoms with Crippen molar-refractivity contribution in [3.05, 3.63) is 65.3 Å². The van der Waals surface area contributed by atoms with Crippen LogP contribution in [0.2, 0.25) is 0 Å². The van der Waals surface area contributed by atoms with Gasteiger partial charge >= 0.3 is 0 Å². The smallest absolute Gasteiger partial charge is 0.226 e. The number of benzene rings is 2. The van der Waals surface area contributed by atoms with Crippen LogP contribution in [0.5, 0.6) is 5.75 Å². The summed E-state index contributed by atoms with van der Waals surface area (Å²) < 4.78 is 18.8. The molecule has 0 saturated heterocycles. The van der Waals surface area contributed by atoms with Crippen molar-refractivity contribution in [3.8, 4) is 17.0 Å². The Bertz CT molecular complexity index is 966. The van der Waals surface area contributed by atoms with Gasteiger partial charge in [0.2, 0.25) is 5.91 Å². The zero-order valence-corrected chi connectivity index (χ0v) is 18.4. The average Bonchev–Trinajstić information content (AvgIpc) is 3.20. The molecule has 0 radical (unpaired) electrons. The molecule has 2 aromatic carbocycles. The van der Waals surface area contributed by atoms with Gasteiger partial charge in [0, 0.05) is 17.4 Å². The van der Waals surface area contributed by atoms with Crippen LogP contribution in [-0.4, -0.2) is 17.5 Å². The lowest BCUT2D eigenvalue weighted by Crippen LogP contribution is -2.15. The highest BCUT2D eigenvalue weighted by atomic mass is 32.1. The molecule has 0 fully saturated rings. The summed E-state index contributed by atoms with van der Waals surface area (Å²) in [6.45, 7) is 7.12. The number of nitrogens with one attached hydrogen (secondary N) is 1. The second kappa shape index (κ2) is 9.85. The largest absolute Gasteiger partial charge is 0.494 e. The lowest BCUT2D eigenvalue weighted by atomic mass is 9.82. The minimum Gasteiger partial charge on any atom is -0.494 e. The maximum Gasteiger partial charge on any atom is 0.226 e. The summed E-state index contributed by atoms with van der Waals surface area (Å²) >= 11 is 1.35. The summed E-state index contributed by atoms with van der Waals surface area (Å²) in [6, 6.07) is 14.3. The van der Waals surface area contributed by atoms with Crippen molar-refractivity contribution in [3.63, 3.8) is 0 Å². The Morgan fingerprint density at radius 2 is 1.83 bits per heavy atom. The molecule has 6 heteroatoms. The number of ether oxygens (including phenoxy) is 1. The summed E-state index contributed by atoms with van der Waals surface area (Å²) in [4.78, 5) is 16.5. The minimum absolute atomic E-state index is 0.0985. The third-order valence-corrected chi connectivity index (χ3v) is 5.98. The standard InChI is InChI=1S/C24H27FN2O2S/c1-4-24(2,3)18-9-13-20(14-10-18)29-15-5-6-22(28)27-23-26-21(16-30-23)17-7-11-19(25)12-8-17/h7-14,16H,4-6,15H2,1-3H3,(H,26,27,28). The number of aromatic nitrogens is 1. The second-order valence-electron chi connectivity index (χ2n) is 7.81. The van der Waals surface area contributed by atoms with Crippen LogP contribution in [0.15, 0.2) is 53.9 Å². The van der Waals surface area contributed by atoms with Crippen LogP contribution in [0.4, 0.5) is 9.52 Å². The number of halogens is 1. The predicted molar refractivity (Wildman–Crippen MR) is 121 cm³/mol. The van der Waals surface area contributed by atoms with Gasteiger partial charge in [0.15, 0.2) is 5.13 Å². The Balaban J connectivity index is 1.42. The van der Waals surface area contributed by atoms with E-state index in [4.69, 9.17) is 4.74 Å². The molecule has 3 rings (SSSR count). The molecule has 1 amide bonds. The Kier molecular flexibility index (Phi) is 7.21. The lowest BCUT2D eigenvalue weighted by Gasteiger charge is -2.23. The fourth-order valence-corrected chi connectivity index (χ4v) is 3.63. The summed E-state index contributed by atoms with van der Waals surface area (Å²) in [5.41, 5.74) is 2.98. The van der Waals surface area contributed by atoms with E-state index in [9.17, 15) is 9.18 Å². The van der Waals surface area contributed by atoms with Crippen molar-refractivity contribution in [1.29, 1.82) is 0 Å². The number of amides is 1. The highest BCUT2D eigenvalue weighted by Gasteiger charge is 2.17. The molecule has 4 nitrogen and oxygen atoms in total. The Labute approximate surface area is 181 Å². The van der Waals surface area contributed by atoms with Crippen molar-refractivity contribution in [2.24, 2.45) is 0 Å². The molecule has 1 aromatic heterocycles. The zero-order chi connectivity index (χ0) is 21.6. The lowest BCUT2D eigenvalue weighted by molar-refractivity contribution is -0.116. The third kappa shape index (κ3) is 5.89. The van der Waals surface area contributed by atoms with E-state index in [0.29, 0.717) is 30.3 Å². The number of thiazole rings is 1. The topological polar surface area (TPSA) is 51.2 Å². The first-order chi connectivity index (χ1) is 14.4. The van der Waals surface area contributed by atoms with E-state index in [1.165, 1.54) is 29.0 Å². The molecule has 1 N–H and O–H groups in total. The molecule has 0 bridgehead atoms. The van der Waals surface area contributed by atoms with E-state index in [0.717, 1.165) is 17.7 Å². The Morgan fingerprint density at radius 3 is 2.50 bits per heavy atom. The molecular weight excluding hydrogens is 399 g/mol. The highest BCUT2D eigenvalue weighted by molar-refractivity contribution is 7.14. The van der Waals surface area contributed by atoms with Crippen molar-refractivity contribution in [2.45, 2.75) is 45.4 Å². The van der Waals surface area contributed by atoms with Gasteiger partial charge in [0.25, 0.3) is 0 Å². The first kappa shape index (κ1) is 22.0. The molecular formula is C24H27FN2O2S. The van der Waals surface area contributed by atoms with Crippen LogP contribution in [0.3, 0.4) is 0 Å². The van der Waals surface area contributed by atoms with Crippen LogP contribution in [0, 0.1) is 5.82 Å². The SMILES string of the molecule is CCC(C)(C)c1ccc(OCCCC(=O)Nc2nc(-c3ccc(F)cc3)cs2)cc1. The normalized spacial score (nSPS) is 11.3. The number of nitrogens with zero attached hydrogens (tertiary/aromatic N) is 1. The number of hydrogen-bond donors (Lipinski definition) is 1. The number of carbonyl (C=O) groups excluding carboxylic acids is 1. The van der Waals surface area contributed by atoms with Crippen molar-refractivity contribution in [2.75, 3.05) is 11.9 Å². The van der Waals surface area contributed by atoms with Gasteiger partial charge in [-0.2, -0.15) is 0 Å². The zero-order valence-electron chi connectivity index (χ0n) is 17.6. The molecule has 158 valence electrons. The van der Waals surface area contributed by atoms with Crippen LogP contribution < -0.4 is 10.1 Å². The number of hydrogen-bond acceptors (Lipinski definition) is 4. The van der Waals surface area contributed by atoms with E-state index in [-0.39, 0.29) is 17.1 Å². The molecule has 1 heterocycles. The molecule has 0 aliphatic heterocycles. The third-order valence-electron chi connectivity index (χ3n) is 5.23. The monoisotopic (exact) mass is 426 g/mol. The number of anilines is 1. The Hall–Kier alpha value is -2.73. The fraction of sp³-hybridized carbons (Fsp3) is 0.333. The maximum atomic E-state index is 13.0. The van der Waals surface area contributed by atoms with Gasteiger partial charge in [0.1, 0.15) is 11.6 Å². The van der Waals surface area contributed by atoms with Crippen molar-refractivity contribution < 1.29 is 13.9 Å². The molecule has 0 unspecified atom stereocenters. The summed E-state index contributed by atoms with van der Waals surface area (Å²) in [5, 5.41) is 5.19. The predicted octanol–water partition coefficient (Wildman–Crippen LogP) is 6.43. The van der Waals surface area contributed by atoms with Gasteiger partial charge in [-0.15, -0.1) is 11.3 Å².